The van der Waals surface area contributed by atoms with Gasteiger partial charge in [-0.15, -0.1) is 0 Å². The van der Waals surface area contributed by atoms with Crippen molar-refractivity contribution in [2.45, 2.75) is 34.6 Å². The van der Waals surface area contributed by atoms with Crippen molar-refractivity contribution in [1.29, 1.82) is 0 Å². The van der Waals surface area contributed by atoms with E-state index in [1.807, 2.05) is 39.0 Å². The molecular weight excluding hydrogens is 334 g/mol. The first-order valence-corrected chi connectivity index (χ1v) is 8.89. The number of rotatable bonds is 8. The van der Waals surface area contributed by atoms with Crippen LogP contribution in [-0.4, -0.2) is 41.3 Å². The van der Waals surface area contributed by atoms with E-state index in [1.54, 1.807) is 0 Å². The predicted molar refractivity (Wildman–Crippen MR) is 109 cm³/mol. The van der Waals surface area contributed by atoms with Gasteiger partial charge >= 0.3 is 0 Å². The van der Waals surface area contributed by atoms with Gasteiger partial charge in [-0.3, -0.25) is 10.2 Å². The molecule has 0 aliphatic carbocycles. The second kappa shape index (κ2) is 10.1. The summed E-state index contributed by atoms with van der Waals surface area (Å²) >= 11 is 4.79. The maximum absolute atomic E-state index is 13.0. The fourth-order valence-electron chi connectivity index (χ4n) is 2.59. The molecule has 0 radical (unpaired) electrons. The van der Waals surface area contributed by atoms with Gasteiger partial charge in [0.05, 0.1) is 5.92 Å². The van der Waals surface area contributed by atoms with Gasteiger partial charge < -0.3 is 16.0 Å². The van der Waals surface area contributed by atoms with Gasteiger partial charge in [0.1, 0.15) is 0 Å². The van der Waals surface area contributed by atoms with Crippen molar-refractivity contribution < 1.29 is 4.79 Å². The largest absolute Gasteiger partial charge is 0.375 e. The minimum atomic E-state index is -0.402. The summed E-state index contributed by atoms with van der Waals surface area (Å²) in [6.45, 7) is 12.2. The van der Waals surface area contributed by atoms with Crippen LogP contribution < -0.4 is 16.5 Å². The summed E-state index contributed by atoms with van der Waals surface area (Å²) < 4.78 is 0. The highest BCUT2D eigenvalue weighted by atomic mass is 32.1. The molecule has 4 N–H and O–H groups in total. The number of para-hydroxylation sites is 1. The van der Waals surface area contributed by atoms with Crippen LogP contribution in [0.3, 0.4) is 0 Å². The minimum absolute atomic E-state index is 0.0797. The quantitative estimate of drug-likeness (QED) is 0.375. The molecule has 1 rings (SSSR count). The van der Waals surface area contributed by atoms with Crippen molar-refractivity contribution in [2.75, 3.05) is 25.0 Å². The Morgan fingerprint density at radius 1 is 1.28 bits per heavy atom. The molecule has 1 aromatic rings. The summed E-state index contributed by atoms with van der Waals surface area (Å²) in [5, 5.41) is 7.31. The number of nitrogens with two attached hydrogens (primary N) is 1. The van der Waals surface area contributed by atoms with Crippen molar-refractivity contribution in [3.05, 3.63) is 29.3 Å². The lowest BCUT2D eigenvalue weighted by atomic mass is 10.0. The summed E-state index contributed by atoms with van der Waals surface area (Å²) in [5.74, 6) is -0.490. The number of anilines is 1. The van der Waals surface area contributed by atoms with Gasteiger partial charge in [-0.1, -0.05) is 32.0 Å². The zero-order valence-corrected chi connectivity index (χ0v) is 16.5. The molecule has 0 aromatic heterocycles. The third kappa shape index (κ3) is 6.43. The van der Waals surface area contributed by atoms with E-state index in [0.29, 0.717) is 12.3 Å². The second-order valence-electron chi connectivity index (χ2n) is 6.02. The fraction of sp³-hybridized carbons (Fsp3) is 0.500. The van der Waals surface area contributed by atoms with Crippen LogP contribution in [0.5, 0.6) is 0 Å². The lowest BCUT2D eigenvalue weighted by Gasteiger charge is -2.25. The molecular formula is C18H29N5OS. The van der Waals surface area contributed by atoms with Crippen LogP contribution >= 0.6 is 12.2 Å². The molecule has 0 fully saturated rings. The number of hydrogen-bond donors (Lipinski definition) is 3. The molecule has 1 unspecified atom stereocenters. The van der Waals surface area contributed by atoms with E-state index < -0.39 is 5.92 Å². The van der Waals surface area contributed by atoms with Gasteiger partial charge in [-0.2, -0.15) is 5.10 Å². The smallest absolute Gasteiger partial charge is 0.234 e. The average molecular weight is 364 g/mol. The lowest BCUT2D eigenvalue weighted by Crippen LogP contribution is -2.40. The van der Waals surface area contributed by atoms with E-state index in [-0.39, 0.29) is 11.0 Å². The van der Waals surface area contributed by atoms with E-state index >= 15 is 0 Å². The number of nitrogens with zero attached hydrogens (tertiary/aromatic N) is 2. The third-order valence-corrected chi connectivity index (χ3v) is 4.32. The van der Waals surface area contributed by atoms with E-state index in [2.05, 4.69) is 34.6 Å². The number of aryl methyl sites for hydroxylation is 2. The average Bonchev–Trinajstić information content (AvgIpc) is 2.57. The fourth-order valence-corrected chi connectivity index (χ4v) is 2.63. The Hall–Kier alpha value is -1.99. The van der Waals surface area contributed by atoms with Crippen molar-refractivity contribution in [3.8, 4) is 0 Å². The maximum Gasteiger partial charge on any atom is 0.234 e. The first-order valence-electron chi connectivity index (χ1n) is 8.49. The molecule has 6 nitrogen and oxygen atoms in total. The van der Waals surface area contributed by atoms with Crippen LogP contribution in [0.1, 0.15) is 31.9 Å². The maximum atomic E-state index is 13.0. The van der Waals surface area contributed by atoms with Crippen LogP contribution in [0.4, 0.5) is 5.69 Å². The van der Waals surface area contributed by atoms with E-state index in [9.17, 15) is 4.79 Å². The zero-order chi connectivity index (χ0) is 19.0. The SMILES string of the molecule is CCN(CC)CC(C(=O)Nc1c(C)cccc1C)/C(C)=N\NC(N)=S. The summed E-state index contributed by atoms with van der Waals surface area (Å²) in [7, 11) is 0. The molecule has 1 amide bonds. The van der Waals surface area contributed by atoms with Crippen LogP contribution in [0.25, 0.3) is 0 Å². The van der Waals surface area contributed by atoms with E-state index in [4.69, 9.17) is 18.0 Å². The number of nitrogens with one attached hydrogen (secondary N) is 2. The van der Waals surface area contributed by atoms with Gasteiger partial charge in [-0.25, -0.2) is 0 Å². The monoisotopic (exact) mass is 363 g/mol. The van der Waals surface area contributed by atoms with Crippen molar-refractivity contribution in [3.63, 3.8) is 0 Å². The number of hydrogen-bond acceptors (Lipinski definition) is 4. The first-order chi connectivity index (χ1) is 11.8. The Morgan fingerprint density at radius 3 is 2.32 bits per heavy atom. The Morgan fingerprint density at radius 2 is 1.84 bits per heavy atom. The topological polar surface area (TPSA) is 82.8 Å². The van der Waals surface area contributed by atoms with Gasteiger partial charge in [0.15, 0.2) is 5.11 Å². The standard InChI is InChI=1S/C18H29N5OS/c1-6-23(7-2)11-15(14(5)21-22-18(19)25)17(24)20-16-12(3)9-8-10-13(16)4/h8-10,15H,6-7,11H2,1-5H3,(H,20,24)(H3,19,22,25)/b21-14-. The van der Waals surface area contributed by atoms with E-state index in [0.717, 1.165) is 29.9 Å². The van der Waals surface area contributed by atoms with Gasteiger partial charge in [0, 0.05) is 17.9 Å². The summed E-state index contributed by atoms with van der Waals surface area (Å²) in [5.41, 5.74) is 11.6. The van der Waals surface area contributed by atoms with Gasteiger partial charge in [0.2, 0.25) is 5.91 Å². The highest BCUT2D eigenvalue weighted by molar-refractivity contribution is 7.80. The van der Waals surface area contributed by atoms with Crippen molar-refractivity contribution >= 4 is 34.6 Å². The first kappa shape index (κ1) is 21.1. The molecule has 138 valence electrons. The number of thiocarbonyl (C=S) groups is 1. The van der Waals surface area contributed by atoms with Crippen LogP contribution in [0, 0.1) is 19.8 Å². The number of carbonyl (C=O) groups is 1. The molecule has 7 heteroatoms. The highest BCUT2D eigenvalue weighted by Gasteiger charge is 2.25. The third-order valence-electron chi connectivity index (χ3n) is 4.23. The Kier molecular flexibility index (Phi) is 8.51. The minimum Gasteiger partial charge on any atom is -0.375 e. The Bertz CT molecular complexity index is 620. The highest BCUT2D eigenvalue weighted by Crippen LogP contribution is 2.20. The molecule has 0 spiro atoms. The predicted octanol–water partition coefficient (Wildman–Crippen LogP) is 2.41. The zero-order valence-electron chi connectivity index (χ0n) is 15.7. The number of amides is 1. The Labute approximate surface area is 155 Å². The number of hydrazone groups is 1. The molecule has 0 bridgehead atoms. The molecule has 0 saturated carbocycles. The number of benzene rings is 1. The molecule has 0 aliphatic heterocycles. The number of carbonyl (C=O) groups excluding carboxylic acids is 1. The normalized spacial score (nSPS) is 12.8. The molecule has 0 heterocycles. The van der Waals surface area contributed by atoms with Crippen molar-refractivity contribution in [1.82, 2.24) is 10.3 Å². The van der Waals surface area contributed by atoms with E-state index in [1.165, 1.54) is 0 Å². The molecule has 1 atom stereocenters. The molecule has 0 saturated heterocycles. The van der Waals surface area contributed by atoms with Gasteiger partial charge in [0.25, 0.3) is 0 Å². The summed E-state index contributed by atoms with van der Waals surface area (Å²) in [4.78, 5) is 15.1. The Balaban J connectivity index is 3.06. The second-order valence-corrected chi connectivity index (χ2v) is 6.46. The van der Waals surface area contributed by atoms with Crippen LogP contribution in [0.2, 0.25) is 0 Å². The molecule has 25 heavy (non-hydrogen) atoms. The molecule has 1 aromatic carbocycles. The summed E-state index contributed by atoms with van der Waals surface area (Å²) in [6, 6.07) is 5.95. The van der Waals surface area contributed by atoms with Crippen molar-refractivity contribution in [2.24, 2.45) is 16.8 Å². The molecule has 0 aliphatic rings. The summed E-state index contributed by atoms with van der Waals surface area (Å²) in [6.07, 6.45) is 0. The van der Waals surface area contributed by atoms with Crippen LogP contribution in [0.15, 0.2) is 23.3 Å². The van der Waals surface area contributed by atoms with Gasteiger partial charge in [-0.05, 0) is 57.2 Å². The van der Waals surface area contributed by atoms with Crippen LogP contribution in [-0.2, 0) is 4.79 Å². The lowest BCUT2D eigenvalue weighted by molar-refractivity contribution is -0.118.